The molecule has 0 saturated carbocycles. The molecule has 1 N–H and O–H groups in total. The van der Waals surface area contributed by atoms with Crippen LogP contribution in [0.2, 0.25) is 0 Å². The molecule has 21 heavy (non-hydrogen) atoms. The van der Waals surface area contributed by atoms with E-state index in [1.54, 1.807) is 11.3 Å². The summed E-state index contributed by atoms with van der Waals surface area (Å²) < 4.78 is 0. The minimum absolute atomic E-state index is 0.407. The lowest BCUT2D eigenvalue weighted by atomic mass is 10.0. The summed E-state index contributed by atoms with van der Waals surface area (Å²) >= 11 is 1.77. The Morgan fingerprint density at radius 2 is 1.86 bits per heavy atom. The van der Waals surface area contributed by atoms with Crippen LogP contribution in [0.5, 0.6) is 0 Å². The standard InChI is InChI=1S/C18H26N2S/c1-15(2)11-19-12-18(17-7-5-4-6-8-17)20(3)13-16-9-10-21-14-16/h4-10,14-15,18-19H,11-13H2,1-3H3. The maximum atomic E-state index is 3.60. The first-order chi connectivity index (χ1) is 10.2. The lowest BCUT2D eigenvalue weighted by molar-refractivity contribution is 0.228. The third-order valence-electron chi connectivity index (χ3n) is 3.62. The third-order valence-corrected chi connectivity index (χ3v) is 4.35. The van der Waals surface area contributed by atoms with Crippen molar-refractivity contribution in [1.82, 2.24) is 10.2 Å². The molecule has 0 saturated heterocycles. The van der Waals surface area contributed by atoms with Gasteiger partial charge in [0.05, 0.1) is 0 Å². The van der Waals surface area contributed by atoms with Crippen molar-refractivity contribution in [2.45, 2.75) is 26.4 Å². The summed E-state index contributed by atoms with van der Waals surface area (Å²) in [5, 5.41) is 7.99. The molecule has 1 atom stereocenters. The Labute approximate surface area is 132 Å². The SMILES string of the molecule is CC(C)CNCC(c1ccccc1)N(C)Cc1ccsc1. The van der Waals surface area contributed by atoms with Crippen molar-refractivity contribution in [3.8, 4) is 0 Å². The van der Waals surface area contributed by atoms with Crippen molar-refractivity contribution in [2.75, 3.05) is 20.1 Å². The van der Waals surface area contributed by atoms with E-state index in [0.29, 0.717) is 12.0 Å². The number of benzene rings is 1. The maximum absolute atomic E-state index is 3.60. The zero-order valence-electron chi connectivity index (χ0n) is 13.3. The molecule has 0 spiro atoms. The fourth-order valence-corrected chi connectivity index (χ4v) is 3.15. The van der Waals surface area contributed by atoms with Gasteiger partial charge in [0.15, 0.2) is 0 Å². The van der Waals surface area contributed by atoms with Gasteiger partial charge < -0.3 is 5.32 Å². The van der Waals surface area contributed by atoms with Crippen molar-refractivity contribution in [3.63, 3.8) is 0 Å². The fourth-order valence-electron chi connectivity index (χ4n) is 2.49. The molecule has 0 radical (unpaired) electrons. The smallest absolute Gasteiger partial charge is 0.0473 e. The quantitative estimate of drug-likeness (QED) is 0.787. The summed E-state index contributed by atoms with van der Waals surface area (Å²) in [6, 6.07) is 13.4. The summed E-state index contributed by atoms with van der Waals surface area (Å²) in [5.74, 6) is 0.684. The summed E-state index contributed by atoms with van der Waals surface area (Å²) in [4.78, 5) is 2.44. The Balaban J connectivity index is 2.03. The molecule has 0 aliphatic heterocycles. The highest BCUT2D eigenvalue weighted by Gasteiger charge is 2.17. The second-order valence-electron chi connectivity index (χ2n) is 6.03. The highest BCUT2D eigenvalue weighted by Crippen LogP contribution is 2.21. The first kappa shape index (κ1) is 16.2. The van der Waals surface area contributed by atoms with E-state index in [1.165, 1.54) is 11.1 Å². The van der Waals surface area contributed by atoms with E-state index < -0.39 is 0 Å². The molecule has 0 amide bonds. The Morgan fingerprint density at radius 1 is 1.10 bits per heavy atom. The summed E-state index contributed by atoms with van der Waals surface area (Å²) in [6.07, 6.45) is 0. The first-order valence-corrected chi connectivity index (χ1v) is 8.58. The number of thiophene rings is 1. The van der Waals surface area contributed by atoms with Crippen LogP contribution in [0.15, 0.2) is 47.2 Å². The van der Waals surface area contributed by atoms with Crippen LogP contribution in [0.25, 0.3) is 0 Å². The van der Waals surface area contributed by atoms with Gasteiger partial charge in [0.25, 0.3) is 0 Å². The Kier molecular flexibility index (Phi) is 6.43. The van der Waals surface area contributed by atoms with Gasteiger partial charge in [-0.1, -0.05) is 44.2 Å². The Morgan fingerprint density at radius 3 is 2.48 bits per heavy atom. The highest BCUT2D eigenvalue weighted by atomic mass is 32.1. The normalized spacial score (nSPS) is 13.0. The number of rotatable bonds is 8. The zero-order chi connectivity index (χ0) is 15.1. The van der Waals surface area contributed by atoms with E-state index in [-0.39, 0.29) is 0 Å². The molecule has 114 valence electrons. The van der Waals surface area contributed by atoms with Crippen LogP contribution in [-0.2, 0) is 6.54 Å². The number of nitrogens with zero attached hydrogens (tertiary/aromatic N) is 1. The van der Waals surface area contributed by atoms with Crippen molar-refractivity contribution in [3.05, 3.63) is 58.3 Å². The molecule has 3 heteroatoms. The molecule has 1 unspecified atom stereocenters. The van der Waals surface area contributed by atoms with Crippen LogP contribution in [0.1, 0.15) is 31.0 Å². The predicted molar refractivity (Wildman–Crippen MR) is 92.7 cm³/mol. The molecule has 1 aromatic carbocycles. The molecule has 0 aliphatic rings. The average Bonchev–Trinajstić information content (AvgIpc) is 2.97. The van der Waals surface area contributed by atoms with Crippen LogP contribution in [0.4, 0.5) is 0 Å². The summed E-state index contributed by atoms with van der Waals surface area (Å²) in [5.41, 5.74) is 2.78. The van der Waals surface area contributed by atoms with E-state index in [4.69, 9.17) is 0 Å². The van der Waals surface area contributed by atoms with E-state index >= 15 is 0 Å². The van der Waals surface area contributed by atoms with Gasteiger partial charge >= 0.3 is 0 Å². The minimum Gasteiger partial charge on any atom is -0.315 e. The highest BCUT2D eigenvalue weighted by molar-refractivity contribution is 7.07. The second-order valence-corrected chi connectivity index (χ2v) is 6.81. The van der Waals surface area contributed by atoms with Crippen molar-refractivity contribution >= 4 is 11.3 Å². The Hall–Kier alpha value is -1.16. The maximum Gasteiger partial charge on any atom is 0.0473 e. The molecule has 0 fully saturated rings. The zero-order valence-corrected chi connectivity index (χ0v) is 14.1. The molecule has 1 heterocycles. The van der Waals surface area contributed by atoms with Crippen molar-refractivity contribution in [1.29, 1.82) is 0 Å². The second kappa shape index (κ2) is 8.32. The van der Waals surface area contributed by atoms with Crippen LogP contribution in [0.3, 0.4) is 0 Å². The Bertz CT molecular complexity index is 493. The number of likely N-dealkylation sites (N-methyl/N-ethyl adjacent to an activating group) is 1. The van der Waals surface area contributed by atoms with Gasteiger partial charge in [-0.3, -0.25) is 4.90 Å². The van der Waals surface area contributed by atoms with Crippen LogP contribution in [-0.4, -0.2) is 25.0 Å². The average molecular weight is 302 g/mol. The summed E-state index contributed by atoms with van der Waals surface area (Å²) in [6.45, 7) is 7.55. The molecular formula is C18H26N2S. The number of hydrogen-bond donors (Lipinski definition) is 1. The molecule has 0 bridgehead atoms. The van der Waals surface area contributed by atoms with Crippen molar-refractivity contribution < 1.29 is 0 Å². The van der Waals surface area contributed by atoms with Crippen LogP contribution >= 0.6 is 11.3 Å². The molecule has 1 aromatic heterocycles. The lowest BCUT2D eigenvalue weighted by Crippen LogP contribution is -2.34. The van der Waals surface area contributed by atoms with Crippen LogP contribution in [0, 0.1) is 5.92 Å². The van der Waals surface area contributed by atoms with Gasteiger partial charge in [0, 0.05) is 19.1 Å². The number of hydrogen-bond acceptors (Lipinski definition) is 3. The predicted octanol–water partition coefficient (Wildman–Crippen LogP) is 4.17. The van der Waals surface area contributed by atoms with Gasteiger partial charge in [-0.2, -0.15) is 11.3 Å². The summed E-state index contributed by atoms with van der Waals surface area (Å²) in [7, 11) is 2.21. The largest absolute Gasteiger partial charge is 0.315 e. The van der Waals surface area contributed by atoms with Gasteiger partial charge in [-0.15, -0.1) is 0 Å². The van der Waals surface area contributed by atoms with E-state index in [9.17, 15) is 0 Å². The first-order valence-electron chi connectivity index (χ1n) is 7.63. The van der Waals surface area contributed by atoms with Crippen LogP contribution < -0.4 is 5.32 Å². The third kappa shape index (κ3) is 5.27. The molecule has 2 aromatic rings. The minimum atomic E-state index is 0.407. The van der Waals surface area contributed by atoms with Gasteiger partial charge in [-0.05, 0) is 47.5 Å². The van der Waals surface area contributed by atoms with Gasteiger partial charge in [-0.25, -0.2) is 0 Å². The topological polar surface area (TPSA) is 15.3 Å². The molecular weight excluding hydrogens is 276 g/mol. The van der Waals surface area contributed by atoms with Gasteiger partial charge in [0.1, 0.15) is 0 Å². The van der Waals surface area contributed by atoms with E-state index in [2.05, 4.69) is 78.3 Å². The van der Waals surface area contributed by atoms with E-state index in [0.717, 1.165) is 19.6 Å². The monoisotopic (exact) mass is 302 g/mol. The van der Waals surface area contributed by atoms with E-state index in [1.807, 2.05) is 0 Å². The molecule has 2 nitrogen and oxygen atoms in total. The van der Waals surface area contributed by atoms with Gasteiger partial charge in [0.2, 0.25) is 0 Å². The van der Waals surface area contributed by atoms with Crippen molar-refractivity contribution in [2.24, 2.45) is 5.92 Å². The molecule has 0 aliphatic carbocycles. The molecule has 2 rings (SSSR count). The fraction of sp³-hybridized carbons (Fsp3) is 0.444. The lowest BCUT2D eigenvalue weighted by Gasteiger charge is -2.29. The number of nitrogens with one attached hydrogen (secondary N) is 1.